The Morgan fingerprint density at radius 2 is 1.87 bits per heavy atom. The molecule has 0 saturated carbocycles. The lowest BCUT2D eigenvalue weighted by Gasteiger charge is -2.28. The molecule has 1 aliphatic heterocycles. The number of nitrogens with zero attached hydrogens (tertiary/aromatic N) is 5. The van der Waals surface area contributed by atoms with Gasteiger partial charge in [0.15, 0.2) is 10.8 Å². The molecule has 0 aliphatic carbocycles. The van der Waals surface area contributed by atoms with Crippen molar-refractivity contribution in [2.24, 2.45) is 0 Å². The van der Waals surface area contributed by atoms with E-state index >= 15 is 0 Å². The molecular weight excluding hydrogens is 422 g/mol. The van der Waals surface area contributed by atoms with Crippen molar-refractivity contribution >= 4 is 37.1 Å². The molecule has 0 bridgehead atoms. The molecule has 1 fully saturated rings. The van der Waals surface area contributed by atoms with Crippen LogP contribution in [0.25, 0.3) is 15.7 Å². The maximum Gasteiger partial charge on any atom is 0.234 e. The summed E-state index contributed by atoms with van der Waals surface area (Å²) < 4.78 is 32.7. The van der Waals surface area contributed by atoms with Gasteiger partial charge in [0.2, 0.25) is 15.0 Å². The highest BCUT2D eigenvalue weighted by Gasteiger charge is 2.29. The van der Waals surface area contributed by atoms with Gasteiger partial charge in [0, 0.05) is 19.0 Å². The van der Waals surface area contributed by atoms with E-state index in [4.69, 9.17) is 4.74 Å². The van der Waals surface area contributed by atoms with Crippen LogP contribution in [-0.4, -0.2) is 51.9 Å². The Hall–Kier alpha value is -2.56. The Balaban J connectivity index is 1.29. The summed E-state index contributed by atoms with van der Waals surface area (Å²) in [5.41, 5.74) is 0. The molecule has 4 aromatic rings. The van der Waals surface area contributed by atoms with Crippen molar-refractivity contribution in [2.75, 3.05) is 19.3 Å². The summed E-state index contributed by atoms with van der Waals surface area (Å²) in [6.45, 7) is 1.36. The van der Waals surface area contributed by atoms with Gasteiger partial charge in [0.05, 0.1) is 6.26 Å². The minimum atomic E-state index is -3.14. The monoisotopic (exact) mass is 443 g/mol. The zero-order chi connectivity index (χ0) is 20.7. The van der Waals surface area contributed by atoms with Gasteiger partial charge in [-0.3, -0.25) is 0 Å². The predicted molar refractivity (Wildman–Crippen MR) is 115 cm³/mol. The number of hydrogen-bond acceptors (Lipinski definition) is 7. The Kier molecular flexibility index (Phi) is 4.92. The van der Waals surface area contributed by atoms with Gasteiger partial charge in [-0.1, -0.05) is 41.7 Å². The van der Waals surface area contributed by atoms with Crippen LogP contribution in [0.5, 0.6) is 5.75 Å². The number of fused-ring (bicyclic) bond motifs is 2. The zero-order valence-electron chi connectivity index (χ0n) is 16.4. The van der Waals surface area contributed by atoms with E-state index in [0.29, 0.717) is 32.5 Å². The standard InChI is InChI=1S/C20H21N5O3S2/c1-30(26,27)24-10-8-15(9-11-24)19-21-22-20-25(19)23-18(29-20)13-28-17-7-6-14-4-2-3-5-16(14)12-17/h2-7,12,15H,8-11,13H2,1H3. The van der Waals surface area contributed by atoms with Gasteiger partial charge in [0.1, 0.15) is 12.4 Å². The number of benzene rings is 2. The molecule has 156 valence electrons. The fourth-order valence-corrected chi connectivity index (χ4v) is 5.46. The van der Waals surface area contributed by atoms with Gasteiger partial charge in [-0.25, -0.2) is 12.7 Å². The molecule has 8 nitrogen and oxygen atoms in total. The third kappa shape index (κ3) is 3.78. The highest BCUT2D eigenvalue weighted by molar-refractivity contribution is 7.88. The number of rotatable bonds is 5. The van der Waals surface area contributed by atoms with Crippen molar-refractivity contribution in [2.45, 2.75) is 25.4 Å². The molecular formula is C20H21N5O3S2. The van der Waals surface area contributed by atoms with Gasteiger partial charge in [-0.2, -0.15) is 9.61 Å². The van der Waals surface area contributed by atoms with E-state index in [1.54, 1.807) is 4.52 Å². The minimum Gasteiger partial charge on any atom is -0.486 e. The number of ether oxygens (including phenoxy) is 1. The van der Waals surface area contributed by atoms with Crippen LogP contribution in [0, 0.1) is 0 Å². The second-order valence-corrected chi connectivity index (χ2v) is 10.5. The normalized spacial score (nSPS) is 16.4. The minimum absolute atomic E-state index is 0.148. The highest BCUT2D eigenvalue weighted by atomic mass is 32.2. The van der Waals surface area contributed by atoms with Crippen molar-refractivity contribution in [3.05, 3.63) is 53.3 Å². The van der Waals surface area contributed by atoms with Crippen molar-refractivity contribution in [1.29, 1.82) is 0 Å². The van der Waals surface area contributed by atoms with E-state index in [2.05, 4.69) is 27.4 Å². The summed E-state index contributed by atoms with van der Waals surface area (Å²) in [6, 6.07) is 14.2. The van der Waals surface area contributed by atoms with E-state index < -0.39 is 10.0 Å². The molecule has 10 heteroatoms. The quantitative estimate of drug-likeness (QED) is 0.471. The maximum atomic E-state index is 11.7. The van der Waals surface area contributed by atoms with Crippen LogP contribution >= 0.6 is 11.3 Å². The van der Waals surface area contributed by atoms with Crippen LogP contribution in [0.15, 0.2) is 42.5 Å². The first-order valence-corrected chi connectivity index (χ1v) is 12.4. The van der Waals surface area contributed by atoms with Crippen LogP contribution in [0.3, 0.4) is 0 Å². The Morgan fingerprint density at radius 3 is 2.63 bits per heavy atom. The largest absolute Gasteiger partial charge is 0.486 e. The first-order valence-electron chi connectivity index (χ1n) is 9.75. The fourth-order valence-electron chi connectivity index (χ4n) is 3.83. The molecule has 0 amide bonds. The van der Waals surface area contributed by atoms with Gasteiger partial charge in [-0.15, -0.1) is 10.2 Å². The molecule has 2 aromatic heterocycles. The van der Waals surface area contributed by atoms with Crippen molar-refractivity contribution in [3.63, 3.8) is 0 Å². The fraction of sp³-hybridized carbons (Fsp3) is 0.350. The van der Waals surface area contributed by atoms with Crippen LogP contribution in [0.1, 0.15) is 29.6 Å². The molecule has 1 saturated heterocycles. The third-order valence-corrected chi connectivity index (χ3v) is 7.60. The second kappa shape index (κ2) is 7.60. The number of piperidine rings is 1. The predicted octanol–water partition coefficient (Wildman–Crippen LogP) is 3.06. The first kappa shape index (κ1) is 19.4. The molecule has 5 rings (SSSR count). The summed E-state index contributed by atoms with van der Waals surface area (Å²) in [5, 5.41) is 16.4. The molecule has 1 aliphatic rings. The van der Waals surface area contributed by atoms with Crippen LogP contribution in [-0.2, 0) is 16.6 Å². The first-order chi connectivity index (χ1) is 14.5. The second-order valence-electron chi connectivity index (χ2n) is 7.48. The van der Waals surface area contributed by atoms with Gasteiger partial charge in [-0.05, 0) is 35.7 Å². The lowest BCUT2D eigenvalue weighted by molar-refractivity contribution is 0.302. The van der Waals surface area contributed by atoms with Gasteiger partial charge in [0.25, 0.3) is 0 Å². The maximum absolute atomic E-state index is 11.7. The Morgan fingerprint density at radius 1 is 1.10 bits per heavy atom. The molecule has 0 unspecified atom stereocenters. The Bertz CT molecular complexity index is 1310. The summed E-state index contributed by atoms with van der Waals surface area (Å²) in [6.07, 6.45) is 2.69. The molecule has 0 atom stereocenters. The average molecular weight is 444 g/mol. The molecule has 0 N–H and O–H groups in total. The lowest BCUT2D eigenvalue weighted by atomic mass is 9.97. The summed E-state index contributed by atoms with van der Waals surface area (Å²) in [4.78, 5) is 0.729. The Labute approximate surface area is 178 Å². The third-order valence-electron chi connectivity index (χ3n) is 5.43. The highest BCUT2D eigenvalue weighted by Crippen LogP contribution is 2.29. The van der Waals surface area contributed by atoms with E-state index in [9.17, 15) is 8.42 Å². The SMILES string of the molecule is CS(=O)(=O)N1CCC(c2nnc3sc(COc4ccc5ccccc5c4)nn23)CC1. The average Bonchev–Trinajstić information content (AvgIpc) is 3.32. The van der Waals surface area contributed by atoms with E-state index in [1.165, 1.54) is 27.3 Å². The summed E-state index contributed by atoms with van der Waals surface area (Å²) >= 11 is 1.46. The number of hydrogen-bond donors (Lipinski definition) is 0. The molecule has 0 spiro atoms. The summed E-state index contributed by atoms with van der Waals surface area (Å²) in [7, 11) is -3.14. The lowest BCUT2D eigenvalue weighted by Crippen LogP contribution is -2.37. The van der Waals surface area contributed by atoms with E-state index in [1.807, 2.05) is 30.3 Å². The van der Waals surface area contributed by atoms with Crippen molar-refractivity contribution < 1.29 is 13.2 Å². The molecule has 0 radical (unpaired) electrons. The topological polar surface area (TPSA) is 89.7 Å². The molecule has 2 aromatic carbocycles. The van der Waals surface area contributed by atoms with Gasteiger partial charge >= 0.3 is 0 Å². The zero-order valence-corrected chi connectivity index (χ0v) is 18.1. The van der Waals surface area contributed by atoms with Crippen LogP contribution in [0.2, 0.25) is 0 Å². The van der Waals surface area contributed by atoms with Crippen molar-refractivity contribution in [3.8, 4) is 5.75 Å². The molecule has 30 heavy (non-hydrogen) atoms. The summed E-state index contributed by atoms with van der Waals surface area (Å²) in [5.74, 6) is 1.74. The van der Waals surface area contributed by atoms with Crippen molar-refractivity contribution in [1.82, 2.24) is 24.1 Å². The van der Waals surface area contributed by atoms with Crippen LogP contribution < -0.4 is 4.74 Å². The molecule has 3 heterocycles. The van der Waals surface area contributed by atoms with E-state index in [0.717, 1.165) is 26.9 Å². The van der Waals surface area contributed by atoms with Gasteiger partial charge < -0.3 is 4.74 Å². The van der Waals surface area contributed by atoms with E-state index in [-0.39, 0.29) is 5.92 Å². The smallest absolute Gasteiger partial charge is 0.234 e. The van der Waals surface area contributed by atoms with Crippen LogP contribution in [0.4, 0.5) is 0 Å². The number of sulfonamides is 1. The number of aromatic nitrogens is 4.